The van der Waals surface area contributed by atoms with Crippen molar-refractivity contribution in [3.63, 3.8) is 0 Å². The van der Waals surface area contributed by atoms with Gasteiger partial charge in [0.2, 0.25) is 0 Å². The molecule has 5 nitrogen and oxygen atoms in total. The quantitative estimate of drug-likeness (QED) is 0.486. The highest BCUT2D eigenvalue weighted by atomic mass is 32.1. The number of esters is 2. The second kappa shape index (κ2) is 7.91. The number of methoxy groups -OCH3 is 2. The van der Waals surface area contributed by atoms with Crippen molar-refractivity contribution < 1.29 is 32.2 Å². The van der Waals surface area contributed by atoms with Crippen molar-refractivity contribution in [1.29, 1.82) is 0 Å². The molecule has 1 N–H and O–H groups in total. The number of anilines is 1. The minimum Gasteiger partial charge on any atom is -0.466 e. The molecule has 0 saturated carbocycles. The number of carbonyl (C=O) groups is 2. The van der Waals surface area contributed by atoms with Crippen molar-refractivity contribution in [1.82, 2.24) is 0 Å². The second-order valence-electron chi connectivity index (χ2n) is 4.23. The summed E-state index contributed by atoms with van der Waals surface area (Å²) in [6, 6.07) is 2.95. The Hall–Kier alpha value is -2.16. The van der Waals surface area contributed by atoms with E-state index in [1.54, 1.807) is 0 Å². The van der Waals surface area contributed by atoms with E-state index < -0.39 is 23.7 Å². The van der Waals surface area contributed by atoms with Gasteiger partial charge in [-0.05, 0) is 17.7 Å². The number of nitrogens with one attached hydrogen (secondary N) is 1. The molecule has 0 fully saturated rings. The van der Waals surface area contributed by atoms with Gasteiger partial charge in [-0.3, -0.25) is 0 Å². The molecule has 9 heteroatoms. The number of hydrogen-bond donors (Lipinski definition) is 2. The van der Waals surface area contributed by atoms with Gasteiger partial charge in [0.05, 0.1) is 25.9 Å². The first-order valence-electron chi connectivity index (χ1n) is 6.19. The van der Waals surface area contributed by atoms with Crippen LogP contribution in [0.15, 0.2) is 30.0 Å². The average Bonchev–Trinajstić information content (AvgIpc) is 2.52. The molecule has 0 aliphatic carbocycles. The first-order chi connectivity index (χ1) is 10.7. The minimum absolute atomic E-state index is 0.0182. The highest BCUT2D eigenvalue weighted by Crippen LogP contribution is 2.33. The number of benzene rings is 1. The molecular weight excluding hydrogens is 335 g/mol. The SMILES string of the molecule is COC(=O)/C=C(/Nc1cc(C(F)(F)F)ccc1CS)C(=O)OC. The number of rotatable bonds is 5. The summed E-state index contributed by atoms with van der Waals surface area (Å²) in [6.07, 6.45) is -3.77. The van der Waals surface area contributed by atoms with Crippen molar-refractivity contribution in [2.24, 2.45) is 0 Å². The lowest BCUT2D eigenvalue weighted by Crippen LogP contribution is -2.17. The van der Waals surface area contributed by atoms with Gasteiger partial charge in [-0.2, -0.15) is 25.8 Å². The van der Waals surface area contributed by atoms with Gasteiger partial charge in [-0.15, -0.1) is 0 Å². The summed E-state index contributed by atoms with van der Waals surface area (Å²) in [5.74, 6) is -1.68. The predicted molar refractivity (Wildman–Crippen MR) is 79.9 cm³/mol. The fraction of sp³-hybridized carbons (Fsp3) is 0.286. The lowest BCUT2D eigenvalue weighted by Gasteiger charge is -2.15. The Kier molecular flexibility index (Phi) is 6.49. The maximum Gasteiger partial charge on any atom is 0.416 e. The van der Waals surface area contributed by atoms with Gasteiger partial charge in [-0.25, -0.2) is 9.59 Å². The lowest BCUT2D eigenvalue weighted by atomic mass is 10.1. The van der Waals surface area contributed by atoms with Crippen molar-refractivity contribution >= 4 is 30.3 Å². The van der Waals surface area contributed by atoms with Gasteiger partial charge >= 0.3 is 18.1 Å². The van der Waals surface area contributed by atoms with Crippen molar-refractivity contribution in [3.8, 4) is 0 Å². The standard InChI is InChI=1S/C14H14F3NO4S/c1-21-12(19)6-11(13(20)22-2)18-10-5-9(14(15,16)17)4-3-8(10)7-23/h3-6,18,23H,7H2,1-2H3/b11-6+. The zero-order valence-electron chi connectivity index (χ0n) is 12.2. The van der Waals surface area contributed by atoms with Gasteiger partial charge in [0.25, 0.3) is 0 Å². The van der Waals surface area contributed by atoms with Crippen molar-refractivity contribution in [2.45, 2.75) is 11.9 Å². The molecule has 0 saturated heterocycles. The molecular formula is C14H14F3NO4S. The van der Waals surface area contributed by atoms with E-state index in [9.17, 15) is 22.8 Å². The Bertz CT molecular complexity index is 629. The molecule has 0 unspecified atom stereocenters. The van der Waals surface area contributed by atoms with Crippen LogP contribution in [0.5, 0.6) is 0 Å². The molecule has 23 heavy (non-hydrogen) atoms. The Morgan fingerprint density at radius 3 is 2.39 bits per heavy atom. The highest BCUT2D eigenvalue weighted by molar-refractivity contribution is 7.79. The van der Waals surface area contributed by atoms with Gasteiger partial charge in [0, 0.05) is 11.4 Å². The maximum absolute atomic E-state index is 12.8. The van der Waals surface area contributed by atoms with Crippen LogP contribution in [0.4, 0.5) is 18.9 Å². The normalized spacial score (nSPS) is 11.8. The Labute approximate surface area is 135 Å². The number of carbonyl (C=O) groups excluding carboxylic acids is 2. The largest absolute Gasteiger partial charge is 0.466 e. The molecule has 1 aromatic carbocycles. The molecule has 0 heterocycles. The number of ether oxygens (including phenoxy) is 2. The zero-order valence-corrected chi connectivity index (χ0v) is 13.1. The highest BCUT2D eigenvalue weighted by Gasteiger charge is 2.31. The number of thiol groups is 1. The minimum atomic E-state index is -4.55. The van der Waals surface area contributed by atoms with Crippen LogP contribution in [0.2, 0.25) is 0 Å². The summed E-state index contributed by atoms with van der Waals surface area (Å²) in [4.78, 5) is 22.9. The second-order valence-corrected chi connectivity index (χ2v) is 4.54. The van der Waals surface area contributed by atoms with E-state index in [0.29, 0.717) is 5.56 Å². The van der Waals surface area contributed by atoms with E-state index in [1.165, 1.54) is 6.07 Å². The van der Waals surface area contributed by atoms with Crippen LogP contribution in [0.3, 0.4) is 0 Å². The van der Waals surface area contributed by atoms with Crippen LogP contribution >= 0.6 is 12.6 Å². The van der Waals surface area contributed by atoms with Crippen LogP contribution < -0.4 is 5.32 Å². The molecule has 0 aliphatic heterocycles. The van der Waals surface area contributed by atoms with E-state index in [2.05, 4.69) is 27.4 Å². The van der Waals surface area contributed by atoms with E-state index in [4.69, 9.17) is 0 Å². The first kappa shape index (κ1) is 18.9. The number of hydrogen-bond acceptors (Lipinski definition) is 6. The third-order valence-corrected chi connectivity index (χ3v) is 3.09. The smallest absolute Gasteiger partial charge is 0.416 e. The number of halogens is 3. The van der Waals surface area contributed by atoms with Gasteiger partial charge in [0.1, 0.15) is 5.70 Å². The monoisotopic (exact) mass is 349 g/mol. The lowest BCUT2D eigenvalue weighted by molar-refractivity contribution is -0.138. The van der Waals surface area contributed by atoms with Crippen LogP contribution in [0.1, 0.15) is 11.1 Å². The molecule has 1 aromatic rings. The molecule has 0 radical (unpaired) electrons. The Morgan fingerprint density at radius 1 is 1.26 bits per heavy atom. The van der Waals surface area contributed by atoms with Crippen LogP contribution in [-0.2, 0) is 31.0 Å². The van der Waals surface area contributed by atoms with E-state index in [-0.39, 0.29) is 17.1 Å². The van der Waals surface area contributed by atoms with Crippen LogP contribution in [0.25, 0.3) is 0 Å². The Morgan fingerprint density at radius 2 is 1.91 bits per heavy atom. The van der Waals surface area contributed by atoms with Crippen LogP contribution in [-0.4, -0.2) is 26.2 Å². The van der Waals surface area contributed by atoms with Gasteiger partial charge in [-0.1, -0.05) is 6.07 Å². The Balaban J connectivity index is 3.28. The predicted octanol–water partition coefficient (Wildman–Crippen LogP) is 2.78. The molecule has 126 valence electrons. The molecule has 0 bridgehead atoms. The third kappa shape index (κ3) is 5.20. The maximum atomic E-state index is 12.8. The molecule has 0 spiro atoms. The molecule has 1 rings (SSSR count). The summed E-state index contributed by atoms with van der Waals surface area (Å²) in [5.41, 5.74) is -0.883. The van der Waals surface area contributed by atoms with E-state index in [0.717, 1.165) is 32.4 Å². The molecule has 0 aromatic heterocycles. The molecule has 0 atom stereocenters. The van der Waals surface area contributed by atoms with Gasteiger partial charge in [0.15, 0.2) is 0 Å². The summed E-state index contributed by atoms with van der Waals surface area (Å²) >= 11 is 4.02. The fourth-order valence-electron chi connectivity index (χ4n) is 1.58. The summed E-state index contributed by atoms with van der Waals surface area (Å²) < 4.78 is 47.3. The van der Waals surface area contributed by atoms with Crippen LogP contribution in [0, 0.1) is 0 Å². The molecule has 0 amide bonds. The molecule has 0 aliphatic rings. The zero-order chi connectivity index (χ0) is 17.6. The van der Waals surface area contributed by atoms with Crippen molar-refractivity contribution in [3.05, 3.63) is 41.1 Å². The van der Waals surface area contributed by atoms with Gasteiger partial charge < -0.3 is 14.8 Å². The van der Waals surface area contributed by atoms with Crippen molar-refractivity contribution in [2.75, 3.05) is 19.5 Å². The topological polar surface area (TPSA) is 64.6 Å². The third-order valence-electron chi connectivity index (χ3n) is 2.75. The fourth-order valence-corrected chi connectivity index (χ4v) is 1.86. The summed E-state index contributed by atoms with van der Waals surface area (Å²) in [7, 11) is 2.16. The van der Waals surface area contributed by atoms with E-state index >= 15 is 0 Å². The summed E-state index contributed by atoms with van der Waals surface area (Å²) in [6.45, 7) is 0. The van der Waals surface area contributed by atoms with E-state index in [1.807, 2.05) is 0 Å². The first-order valence-corrected chi connectivity index (χ1v) is 6.82. The summed E-state index contributed by atoms with van der Waals surface area (Å²) in [5, 5.41) is 2.46. The average molecular weight is 349 g/mol. The number of alkyl halides is 3.